The fourth-order valence-electron chi connectivity index (χ4n) is 3.21. The molecule has 6 nitrogen and oxygen atoms in total. The van der Waals surface area contributed by atoms with Crippen LogP contribution in [0.4, 0.5) is 0 Å². The standard InChI is InChI=1S/C19H16N2O4/c1-11-5-13-7-14(25-17(13)15(6-11)19(23)24-2)10-21-9-12-3-4-20-8-16(12)18(21)22/h3-8H,9-10H2,1-2H3. The van der Waals surface area contributed by atoms with Gasteiger partial charge in [0.05, 0.1) is 19.2 Å². The minimum absolute atomic E-state index is 0.0621. The number of hydrogen-bond donors (Lipinski definition) is 0. The summed E-state index contributed by atoms with van der Waals surface area (Å²) in [5.74, 6) is 0.123. The van der Waals surface area contributed by atoms with Gasteiger partial charge >= 0.3 is 5.97 Å². The molecule has 1 amide bonds. The Morgan fingerprint density at radius 1 is 1.36 bits per heavy atom. The largest absolute Gasteiger partial charge is 0.465 e. The summed E-state index contributed by atoms with van der Waals surface area (Å²) in [6, 6.07) is 7.40. The van der Waals surface area contributed by atoms with E-state index in [0.717, 1.165) is 16.5 Å². The lowest BCUT2D eigenvalue weighted by molar-refractivity contribution is 0.0600. The maximum Gasteiger partial charge on any atom is 0.341 e. The lowest BCUT2D eigenvalue weighted by Crippen LogP contribution is -2.22. The third kappa shape index (κ3) is 2.55. The lowest BCUT2D eigenvalue weighted by Gasteiger charge is -2.13. The molecule has 0 N–H and O–H groups in total. The summed E-state index contributed by atoms with van der Waals surface area (Å²) in [5.41, 5.74) is 3.41. The van der Waals surface area contributed by atoms with Gasteiger partial charge in [-0.1, -0.05) is 0 Å². The Bertz CT molecular complexity index is 1010. The number of carbonyl (C=O) groups is 2. The molecular formula is C19H16N2O4. The SMILES string of the molecule is COC(=O)c1cc(C)cc2cc(CN3Cc4ccncc4C3=O)oc12. The van der Waals surface area contributed by atoms with Crippen LogP contribution in [0.3, 0.4) is 0 Å². The fraction of sp³-hybridized carbons (Fsp3) is 0.211. The van der Waals surface area contributed by atoms with E-state index in [4.69, 9.17) is 9.15 Å². The summed E-state index contributed by atoms with van der Waals surface area (Å²) in [7, 11) is 1.34. The quantitative estimate of drug-likeness (QED) is 0.687. The molecular weight excluding hydrogens is 320 g/mol. The van der Waals surface area contributed by atoms with Crippen molar-refractivity contribution in [1.29, 1.82) is 0 Å². The second kappa shape index (κ2) is 5.73. The van der Waals surface area contributed by atoms with E-state index in [1.54, 1.807) is 23.4 Å². The zero-order valence-corrected chi connectivity index (χ0v) is 13.9. The molecule has 0 unspecified atom stereocenters. The number of ether oxygens (including phenoxy) is 1. The number of rotatable bonds is 3. The van der Waals surface area contributed by atoms with Gasteiger partial charge in [-0.05, 0) is 42.3 Å². The first-order chi connectivity index (χ1) is 12.1. The molecule has 0 saturated carbocycles. The summed E-state index contributed by atoms with van der Waals surface area (Å²) in [5, 5.41) is 0.821. The Kier molecular flexibility index (Phi) is 3.53. The number of esters is 1. The minimum atomic E-state index is -0.440. The minimum Gasteiger partial charge on any atom is -0.465 e. The van der Waals surface area contributed by atoms with Crippen molar-refractivity contribution in [2.75, 3.05) is 7.11 Å². The monoisotopic (exact) mass is 336 g/mol. The molecule has 1 aliphatic rings. The van der Waals surface area contributed by atoms with Gasteiger partial charge in [-0.3, -0.25) is 9.78 Å². The van der Waals surface area contributed by atoms with Crippen LogP contribution >= 0.6 is 0 Å². The topological polar surface area (TPSA) is 72.6 Å². The van der Waals surface area contributed by atoms with Crippen molar-refractivity contribution in [3.63, 3.8) is 0 Å². The molecule has 0 fully saturated rings. The summed E-state index contributed by atoms with van der Waals surface area (Å²) in [6.07, 6.45) is 3.28. The summed E-state index contributed by atoms with van der Waals surface area (Å²) in [6.45, 7) is 2.77. The molecule has 3 heterocycles. The van der Waals surface area contributed by atoms with Crippen LogP contribution < -0.4 is 0 Å². The van der Waals surface area contributed by atoms with Crippen molar-refractivity contribution in [2.45, 2.75) is 20.0 Å². The molecule has 6 heteroatoms. The number of pyridine rings is 1. The number of hydrogen-bond acceptors (Lipinski definition) is 5. The van der Waals surface area contributed by atoms with E-state index in [9.17, 15) is 9.59 Å². The first kappa shape index (κ1) is 15.4. The predicted octanol–water partition coefficient (Wildman–Crippen LogP) is 3.08. The van der Waals surface area contributed by atoms with Crippen LogP contribution in [0.25, 0.3) is 11.0 Å². The number of amides is 1. The molecule has 126 valence electrons. The number of benzene rings is 1. The number of carbonyl (C=O) groups excluding carboxylic acids is 2. The number of furan rings is 1. The number of aromatic nitrogens is 1. The third-order valence-corrected chi connectivity index (χ3v) is 4.35. The van der Waals surface area contributed by atoms with Crippen molar-refractivity contribution < 1.29 is 18.7 Å². The van der Waals surface area contributed by atoms with E-state index in [0.29, 0.717) is 35.6 Å². The van der Waals surface area contributed by atoms with Gasteiger partial charge in [0, 0.05) is 24.3 Å². The van der Waals surface area contributed by atoms with Crippen LogP contribution in [0.15, 0.2) is 41.1 Å². The van der Waals surface area contributed by atoms with E-state index in [1.165, 1.54) is 7.11 Å². The number of aryl methyl sites for hydroxylation is 1. The van der Waals surface area contributed by atoms with Crippen LogP contribution in [-0.2, 0) is 17.8 Å². The molecule has 3 aromatic rings. The maximum absolute atomic E-state index is 12.5. The molecule has 0 atom stereocenters. The van der Waals surface area contributed by atoms with Gasteiger partial charge < -0.3 is 14.1 Å². The van der Waals surface area contributed by atoms with Crippen molar-refractivity contribution in [1.82, 2.24) is 9.88 Å². The van der Waals surface area contributed by atoms with Gasteiger partial charge in [0.2, 0.25) is 0 Å². The van der Waals surface area contributed by atoms with E-state index in [2.05, 4.69) is 4.98 Å². The molecule has 1 aliphatic heterocycles. The van der Waals surface area contributed by atoms with Crippen LogP contribution in [0.2, 0.25) is 0 Å². The summed E-state index contributed by atoms with van der Waals surface area (Å²) < 4.78 is 10.7. The number of nitrogens with zero attached hydrogens (tertiary/aromatic N) is 2. The second-order valence-electron chi connectivity index (χ2n) is 6.13. The molecule has 25 heavy (non-hydrogen) atoms. The highest BCUT2D eigenvalue weighted by molar-refractivity contribution is 6.02. The van der Waals surface area contributed by atoms with Crippen molar-refractivity contribution in [2.24, 2.45) is 0 Å². The molecule has 0 radical (unpaired) electrons. The molecule has 0 saturated heterocycles. The van der Waals surface area contributed by atoms with E-state index < -0.39 is 5.97 Å². The molecule has 0 bridgehead atoms. The highest BCUT2D eigenvalue weighted by Crippen LogP contribution is 2.29. The molecule has 2 aromatic heterocycles. The summed E-state index contributed by atoms with van der Waals surface area (Å²) >= 11 is 0. The van der Waals surface area contributed by atoms with Crippen LogP contribution in [-0.4, -0.2) is 28.9 Å². The lowest BCUT2D eigenvalue weighted by atomic mass is 10.1. The zero-order valence-electron chi connectivity index (χ0n) is 13.9. The van der Waals surface area contributed by atoms with Gasteiger partial charge in [-0.25, -0.2) is 4.79 Å². The smallest absolute Gasteiger partial charge is 0.341 e. The molecule has 1 aromatic carbocycles. The molecule has 0 aliphatic carbocycles. The van der Waals surface area contributed by atoms with Gasteiger partial charge in [0.15, 0.2) is 0 Å². The van der Waals surface area contributed by atoms with E-state index in [-0.39, 0.29) is 5.91 Å². The first-order valence-corrected chi connectivity index (χ1v) is 7.90. The Labute approximate surface area is 144 Å². The van der Waals surface area contributed by atoms with Crippen LogP contribution in [0.1, 0.15) is 37.6 Å². The number of fused-ring (bicyclic) bond motifs is 2. The maximum atomic E-state index is 12.5. The Balaban J connectivity index is 1.68. The normalized spacial score (nSPS) is 13.4. The van der Waals surface area contributed by atoms with Crippen molar-refractivity contribution >= 4 is 22.8 Å². The van der Waals surface area contributed by atoms with Crippen molar-refractivity contribution in [3.8, 4) is 0 Å². The number of methoxy groups -OCH3 is 1. The van der Waals surface area contributed by atoms with Gasteiger partial charge in [0.25, 0.3) is 5.91 Å². The third-order valence-electron chi connectivity index (χ3n) is 4.35. The molecule has 4 rings (SSSR count). The van der Waals surface area contributed by atoms with Gasteiger partial charge in [-0.2, -0.15) is 0 Å². The second-order valence-corrected chi connectivity index (χ2v) is 6.13. The van der Waals surface area contributed by atoms with Crippen molar-refractivity contribution in [3.05, 3.63) is 64.7 Å². The fourth-order valence-corrected chi connectivity index (χ4v) is 3.21. The van der Waals surface area contributed by atoms with Gasteiger partial charge in [0.1, 0.15) is 16.9 Å². The Hall–Kier alpha value is -3.15. The predicted molar refractivity (Wildman–Crippen MR) is 90.1 cm³/mol. The highest BCUT2D eigenvalue weighted by atomic mass is 16.5. The average molecular weight is 336 g/mol. The van der Waals surface area contributed by atoms with Gasteiger partial charge in [-0.15, -0.1) is 0 Å². The Morgan fingerprint density at radius 2 is 2.20 bits per heavy atom. The average Bonchev–Trinajstić information content (AvgIpc) is 3.15. The zero-order chi connectivity index (χ0) is 17.6. The van der Waals surface area contributed by atoms with E-state index in [1.807, 2.05) is 25.1 Å². The molecule has 0 spiro atoms. The van der Waals surface area contributed by atoms with Crippen LogP contribution in [0, 0.1) is 6.92 Å². The van der Waals surface area contributed by atoms with Crippen LogP contribution in [0.5, 0.6) is 0 Å². The highest BCUT2D eigenvalue weighted by Gasteiger charge is 2.28. The first-order valence-electron chi connectivity index (χ1n) is 7.90. The summed E-state index contributed by atoms with van der Waals surface area (Å²) in [4.78, 5) is 30.2. The Morgan fingerprint density at radius 3 is 2.96 bits per heavy atom. The van der Waals surface area contributed by atoms with E-state index >= 15 is 0 Å².